The topological polar surface area (TPSA) is 55.8 Å². The van der Waals surface area contributed by atoms with E-state index >= 15 is 0 Å². The summed E-state index contributed by atoms with van der Waals surface area (Å²) in [6, 6.07) is 1.82. The Morgan fingerprint density at radius 3 is 2.43 bits per heavy atom. The molecule has 164 valence electrons. The number of carbonyl (C=O) groups excluding carboxylic acids is 2. The maximum atomic E-state index is 13.7. The number of hydrogen-bond donors (Lipinski definition) is 0. The van der Waals surface area contributed by atoms with Crippen LogP contribution in [0.3, 0.4) is 0 Å². The molecule has 1 aromatic heterocycles. The number of nitrogens with zero attached hydrogens (tertiary/aromatic N) is 1. The van der Waals surface area contributed by atoms with Crippen LogP contribution in [0.2, 0.25) is 0 Å². The summed E-state index contributed by atoms with van der Waals surface area (Å²) in [5.41, 5.74) is 0.444. The molecule has 1 saturated carbocycles. The lowest BCUT2D eigenvalue weighted by Crippen LogP contribution is -2.47. The summed E-state index contributed by atoms with van der Waals surface area (Å²) in [5.74, 6) is 6.97. The Balaban J connectivity index is 2.00. The monoisotopic (exact) mass is 431 g/mol. The highest BCUT2D eigenvalue weighted by molar-refractivity contribution is 7.17. The van der Waals surface area contributed by atoms with Gasteiger partial charge in [-0.3, -0.25) is 9.69 Å². The number of ether oxygens (including phenoxy) is 2. The Kier molecular flexibility index (Phi) is 7.96. The predicted octanol–water partition coefficient (Wildman–Crippen LogP) is 4.88. The average molecular weight is 432 g/mol. The molecule has 5 nitrogen and oxygen atoms in total. The minimum atomic E-state index is -0.416. The van der Waals surface area contributed by atoms with Gasteiger partial charge in [-0.25, -0.2) is 4.79 Å². The molecule has 0 spiro atoms. The molecule has 2 aliphatic rings. The summed E-state index contributed by atoms with van der Waals surface area (Å²) in [6.07, 6.45) is 5.55. The van der Waals surface area contributed by atoms with Crippen LogP contribution in [0.5, 0.6) is 0 Å². The number of anilines is 1. The Hall–Kier alpha value is -1.84. The normalized spacial score (nSPS) is 22.3. The van der Waals surface area contributed by atoms with Gasteiger partial charge in [-0.2, -0.15) is 0 Å². The molecular formula is C24H33NO4S. The molecule has 0 aromatic carbocycles. The Labute approximate surface area is 184 Å². The smallest absolute Gasteiger partial charge is 0.340 e. The predicted molar refractivity (Wildman–Crippen MR) is 120 cm³/mol. The second-order valence-electron chi connectivity index (χ2n) is 8.75. The van der Waals surface area contributed by atoms with Crippen molar-refractivity contribution in [1.29, 1.82) is 0 Å². The first-order valence-corrected chi connectivity index (χ1v) is 11.9. The fraction of sp³-hybridized carbons (Fsp3) is 0.667. The lowest BCUT2D eigenvalue weighted by Gasteiger charge is -2.37. The molecule has 2 heterocycles. The van der Waals surface area contributed by atoms with E-state index in [1.54, 1.807) is 6.07 Å². The van der Waals surface area contributed by atoms with Crippen LogP contribution >= 0.6 is 11.3 Å². The Morgan fingerprint density at radius 2 is 1.83 bits per heavy atom. The summed E-state index contributed by atoms with van der Waals surface area (Å²) in [5, 5.41) is 0.686. The Morgan fingerprint density at radius 1 is 1.17 bits per heavy atom. The maximum absolute atomic E-state index is 13.7. The van der Waals surface area contributed by atoms with E-state index in [1.165, 1.54) is 18.4 Å². The molecule has 0 atom stereocenters. The number of esters is 1. The third-order valence-electron chi connectivity index (χ3n) is 5.98. The molecule has 0 bridgehead atoms. The van der Waals surface area contributed by atoms with Crippen LogP contribution in [0.4, 0.5) is 5.00 Å². The molecule has 1 aromatic rings. The van der Waals surface area contributed by atoms with Crippen LogP contribution < -0.4 is 4.90 Å². The number of carbonyl (C=O) groups is 2. The van der Waals surface area contributed by atoms with Gasteiger partial charge in [0.2, 0.25) is 5.91 Å². The minimum Gasteiger partial charge on any atom is -0.465 e. The number of hydrogen-bond acceptors (Lipinski definition) is 5. The number of thiophene rings is 1. The summed E-state index contributed by atoms with van der Waals surface area (Å²) >= 11 is 1.43. The molecular weight excluding hydrogens is 398 g/mol. The molecule has 1 saturated heterocycles. The van der Waals surface area contributed by atoms with Gasteiger partial charge >= 0.3 is 5.97 Å². The van der Waals surface area contributed by atoms with E-state index in [0.29, 0.717) is 29.7 Å². The minimum absolute atomic E-state index is 0.0156. The summed E-state index contributed by atoms with van der Waals surface area (Å²) < 4.78 is 10.6. The average Bonchev–Trinajstić information content (AvgIpc) is 3.17. The molecule has 6 heteroatoms. The van der Waals surface area contributed by atoms with E-state index < -0.39 is 5.97 Å². The first kappa shape index (κ1) is 22.8. The third-order valence-corrected chi connectivity index (χ3v) is 7.03. The molecule has 30 heavy (non-hydrogen) atoms. The molecule has 2 fully saturated rings. The highest BCUT2D eigenvalue weighted by Gasteiger charge is 2.36. The van der Waals surface area contributed by atoms with E-state index in [4.69, 9.17) is 9.47 Å². The molecule has 0 radical (unpaired) electrons. The van der Waals surface area contributed by atoms with Gasteiger partial charge in [-0.15, -0.1) is 11.3 Å². The molecule has 1 aliphatic carbocycles. The summed E-state index contributed by atoms with van der Waals surface area (Å²) in [6.45, 7) is 7.59. The summed E-state index contributed by atoms with van der Waals surface area (Å²) in [7, 11) is 1.38. The second-order valence-corrected chi connectivity index (χ2v) is 9.78. The molecule has 1 aliphatic heterocycles. The standard InChI is InChI=1S/C24H33NO4S/c1-16(2)5-10-20-15-21(24(27)28-4)23(30-20)25(19-11-13-29-14-12-19)22(26)18-8-6-17(3)7-9-18/h15-19H,6-9,11-14H2,1-4H3. The highest BCUT2D eigenvalue weighted by atomic mass is 32.1. The van der Waals surface area contributed by atoms with Crippen molar-refractivity contribution >= 4 is 28.2 Å². The van der Waals surface area contributed by atoms with Gasteiger partial charge in [0.25, 0.3) is 0 Å². The Bertz CT molecular complexity index is 805. The van der Waals surface area contributed by atoms with Crippen molar-refractivity contribution in [3.8, 4) is 11.8 Å². The van der Waals surface area contributed by atoms with Gasteiger partial charge in [0.1, 0.15) is 5.00 Å². The van der Waals surface area contributed by atoms with Crippen molar-refractivity contribution < 1.29 is 19.1 Å². The fourth-order valence-corrected chi connectivity index (χ4v) is 5.27. The van der Waals surface area contributed by atoms with Crippen molar-refractivity contribution in [1.82, 2.24) is 0 Å². The molecule has 3 rings (SSSR count). The van der Waals surface area contributed by atoms with Crippen molar-refractivity contribution in [3.63, 3.8) is 0 Å². The van der Waals surface area contributed by atoms with Crippen LogP contribution in [0.25, 0.3) is 0 Å². The third kappa shape index (κ3) is 5.44. The van der Waals surface area contributed by atoms with Crippen molar-refractivity contribution in [3.05, 3.63) is 16.5 Å². The first-order valence-electron chi connectivity index (χ1n) is 11.0. The van der Waals surface area contributed by atoms with Gasteiger partial charge in [0.05, 0.1) is 17.6 Å². The van der Waals surface area contributed by atoms with E-state index in [-0.39, 0.29) is 23.8 Å². The zero-order chi connectivity index (χ0) is 21.7. The number of rotatable bonds is 4. The quantitative estimate of drug-likeness (QED) is 0.504. The largest absolute Gasteiger partial charge is 0.465 e. The van der Waals surface area contributed by atoms with Gasteiger partial charge in [-0.1, -0.05) is 32.6 Å². The van der Waals surface area contributed by atoms with Crippen molar-refractivity contribution in [2.24, 2.45) is 17.8 Å². The molecule has 0 N–H and O–H groups in total. The lowest BCUT2D eigenvalue weighted by atomic mass is 9.82. The van der Waals surface area contributed by atoms with Crippen LogP contribution in [-0.4, -0.2) is 38.2 Å². The highest BCUT2D eigenvalue weighted by Crippen LogP contribution is 2.38. The fourth-order valence-electron chi connectivity index (χ4n) is 4.19. The van der Waals surface area contributed by atoms with Crippen LogP contribution in [0.15, 0.2) is 6.07 Å². The zero-order valence-corrected chi connectivity index (χ0v) is 19.3. The molecule has 0 unspecified atom stereocenters. The van der Waals surface area contributed by atoms with Crippen molar-refractivity contribution in [2.75, 3.05) is 25.2 Å². The summed E-state index contributed by atoms with van der Waals surface area (Å²) in [4.78, 5) is 29.0. The van der Waals surface area contributed by atoms with Crippen LogP contribution in [0, 0.1) is 29.6 Å². The lowest BCUT2D eigenvalue weighted by molar-refractivity contribution is -0.124. The van der Waals surface area contributed by atoms with Gasteiger partial charge < -0.3 is 9.47 Å². The van der Waals surface area contributed by atoms with Gasteiger partial charge in [-0.05, 0) is 50.5 Å². The molecule has 1 amide bonds. The van der Waals surface area contributed by atoms with E-state index in [0.717, 1.165) is 43.4 Å². The van der Waals surface area contributed by atoms with E-state index in [1.807, 2.05) is 18.7 Å². The SMILES string of the molecule is COC(=O)c1cc(C#CC(C)C)sc1N(C(=O)C1CCC(C)CC1)C1CCOCC1. The van der Waals surface area contributed by atoms with Crippen LogP contribution in [0.1, 0.15) is 74.5 Å². The van der Waals surface area contributed by atoms with Crippen molar-refractivity contribution in [2.45, 2.75) is 65.3 Å². The number of amides is 1. The maximum Gasteiger partial charge on any atom is 0.340 e. The van der Waals surface area contributed by atoms with Gasteiger partial charge in [0.15, 0.2) is 0 Å². The van der Waals surface area contributed by atoms with E-state index in [2.05, 4.69) is 18.8 Å². The van der Waals surface area contributed by atoms with Gasteiger partial charge in [0, 0.05) is 31.1 Å². The van der Waals surface area contributed by atoms with E-state index in [9.17, 15) is 9.59 Å². The number of methoxy groups -OCH3 is 1. The first-order chi connectivity index (χ1) is 14.4. The van der Waals surface area contributed by atoms with Crippen LogP contribution in [-0.2, 0) is 14.3 Å². The second kappa shape index (κ2) is 10.5. The zero-order valence-electron chi connectivity index (χ0n) is 18.5.